The lowest BCUT2D eigenvalue weighted by molar-refractivity contribution is -0.121. The van der Waals surface area contributed by atoms with E-state index in [-0.39, 0.29) is 17.4 Å². The first-order chi connectivity index (χ1) is 13.2. The van der Waals surface area contributed by atoms with Crippen molar-refractivity contribution < 1.29 is 9.53 Å². The number of nitrogens with one attached hydrogen (secondary N) is 2. The summed E-state index contributed by atoms with van der Waals surface area (Å²) >= 11 is 0. The van der Waals surface area contributed by atoms with E-state index in [0.29, 0.717) is 19.5 Å². The van der Waals surface area contributed by atoms with Gasteiger partial charge in [0.15, 0.2) is 0 Å². The van der Waals surface area contributed by atoms with Crippen molar-refractivity contribution in [2.24, 2.45) is 0 Å². The van der Waals surface area contributed by atoms with Crippen LogP contribution in [0.5, 0.6) is 5.75 Å². The molecule has 7 nitrogen and oxygen atoms in total. The van der Waals surface area contributed by atoms with E-state index < -0.39 is 0 Å². The molecule has 1 atom stereocenters. The first kappa shape index (κ1) is 19.1. The van der Waals surface area contributed by atoms with Gasteiger partial charge in [0, 0.05) is 43.6 Å². The van der Waals surface area contributed by atoms with Crippen molar-refractivity contribution in [3.8, 4) is 5.75 Å². The fourth-order valence-corrected chi connectivity index (χ4v) is 3.50. The minimum Gasteiger partial charge on any atom is -0.496 e. The molecule has 1 aromatic heterocycles. The summed E-state index contributed by atoms with van der Waals surface area (Å²) in [4.78, 5) is 32.8. The zero-order valence-corrected chi connectivity index (χ0v) is 15.6. The molecule has 0 saturated carbocycles. The van der Waals surface area contributed by atoms with Crippen LogP contribution >= 0.6 is 0 Å². The third-order valence-corrected chi connectivity index (χ3v) is 4.95. The Kier molecular flexibility index (Phi) is 6.59. The van der Waals surface area contributed by atoms with Crippen molar-refractivity contribution in [2.45, 2.75) is 31.7 Å². The standard InChI is InChI=1S/C20H26N4O3/c1-27-18-7-3-2-5-15(18)12-21-19(25)8-10-24-9-4-6-16(13-24)17-11-20(26)23-14-22-17/h2-3,5,7,11,14,16H,4,6,8-10,12-13H2,1H3,(H,21,25)(H,22,23,26). The highest BCUT2D eigenvalue weighted by Gasteiger charge is 2.22. The molecule has 1 aromatic carbocycles. The molecule has 0 spiro atoms. The van der Waals surface area contributed by atoms with Crippen molar-refractivity contribution in [2.75, 3.05) is 26.7 Å². The Hall–Kier alpha value is -2.67. The van der Waals surface area contributed by atoms with Crippen LogP contribution in [-0.4, -0.2) is 47.5 Å². The smallest absolute Gasteiger partial charge is 0.250 e. The molecule has 0 bridgehead atoms. The highest BCUT2D eigenvalue weighted by molar-refractivity contribution is 5.76. The minimum atomic E-state index is -0.118. The number of amides is 1. The Bertz CT molecular complexity index is 821. The third kappa shape index (κ3) is 5.40. The lowest BCUT2D eigenvalue weighted by Gasteiger charge is -2.32. The first-order valence-electron chi connectivity index (χ1n) is 9.31. The molecule has 1 aliphatic rings. The van der Waals surface area contributed by atoms with E-state index in [1.807, 2.05) is 24.3 Å². The van der Waals surface area contributed by atoms with Crippen molar-refractivity contribution in [3.63, 3.8) is 0 Å². The average molecular weight is 370 g/mol. The molecule has 0 radical (unpaired) electrons. The second kappa shape index (κ2) is 9.32. The number of likely N-dealkylation sites (tertiary alicyclic amines) is 1. The number of aromatic amines is 1. The molecule has 1 amide bonds. The maximum atomic E-state index is 12.2. The molecular formula is C20H26N4O3. The summed E-state index contributed by atoms with van der Waals surface area (Å²) in [5.74, 6) is 1.05. The molecule has 2 aromatic rings. The second-order valence-corrected chi connectivity index (χ2v) is 6.81. The van der Waals surface area contributed by atoms with Crippen LogP contribution in [0, 0.1) is 0 Å². The number of ether oxygens (including phenoxy) is 1. The van der Waals surface area contributed by atoms with E-state index >= 15 is 0 Å². The molecule has 7 heteroatoms. The maximum absolute atomic E-state index is 12.2. The summed E-state index contributed by atoms with van der Waals surface area (Å²) in [6.07, 6.45) is 3.97. The molecule has 144 valence electrons. The molecule has 1 saturated heterocycles. The van der Waals surface area contributed by atoms with E-state index in [1.165, 1.54) is 6.33 Å². The van der Waals surface area contributed by atoms with Crippen LogP contribution in [0.2, 0.25) is 0 Å². The largest absolute Gasteiger partial charge is 0.496 e. The molecule has 1 aliphatic heterocycles. The number of carbonyl (C=O) groups is 1. The number of piperidine rings is 1. The lowest BCUT2D eigenvalue weighted by atomic mass is 9.94. The first-order valence-corrected chi connectivity index (χ1v) is 9.31. The number of para-hydroxylation sites is 1. The fraction of sp³-hybridized carbons (Fsp3) is 0.450. The third-order valence-electron chi connectivity index (χ3n) is 4.95. The van der Waals surface area contributed by atoms with E-state index in [2.05, 4.69) is 20.2 Å². The monoisotopic (exact) mass is 370 g/mol. The van der Waals surface area contributed by atoms with E-state index in [0.717, 1.165) is 42.9 Å². The van der Waals surface area contributed by atoms with Gasteiger partial charge in [-0.3, -0.25) is 9.59 Å². The normalized spacial score (nSPS) is 17.4. The zero-order valence-electron chi connectivity index (χ0n) is 15.6. The predicted molar refractivity (Wildman–Crippen MR) is 103 cm³/mol. The molecule has 0 aliphatic carbocycles. The molecular weight excluding hydrogens is 344 g/mol. The molecule has 1 unspecified atom stereocenters. The Morgan fingerprint density at radius 2 is 2.26 bits per heavy atom. The SMILES string of the molecule is COc1ccccc1CNC(=O)CCN1CCCC(c2cc(=O)[nH]cn2)C1. The van der Waals surface area contributed by atoms with Crippen LogP contribution in [0.1, 0.15) is 36.4 Å². The quantitative estimate of drug-likeness (QED) is 0.774. The number of rotatable bonds is 7. The summed E-state index contributed by atoms with van der Waals surface area (Å²) in [6.45, 7) is 2.97. The fourth-order valence-electron chi connectivity index (χ4n) is 3.50. The van der Waals surface area contributed by atoms with Crippen molar-refractivity contribution in [3.05, 3.63) is 58.3 Å². The topological polar surface area (TPSA) is 87.3 Å². The van der Waals surface area contributed by atoms with Crippen LogP contribution < -0.4 is 15.6 Å². The molecule has 1 fully saturated rings. The second-order valence-electron chi connectivity index (χ2n) is 6.81. The van der Waals surface area contributed by atoms with Gasteiger partial charge in [-0.05, 0) is 25.5 Å². The number of nitrogens with zero attached hydrogens (tertiary/aromatic N) is 2. The molecule has 27 heavy (non-hydrogen) atoms. The van der Waals surface area contributed by atoms with Gasteiger partial charge in [0.2, 0.25) is 5.91 Å². The van der Waals surface area contributed by atoms with Gasteiger partial charge in [-0.1, -0.05) is 18.2 Å². The van der Waals surface area contributed by atoms with Gasteiger partial charge in [0.25, 0.3) is 5.56 Å². The number of benzene rings is 1. The Morgan fingerprint density at radius 3 is 3.07 bits per heavy atom. The number of methoxy groups -OCH3 is 1. The van der Waals surface area contributed by atoms with Gasteiger partial charge in [0.05, 0.1) is 19.1 Å². The lowest BCUT2D eigenvalue weighted by Crippen LogP contribution is -2.37. The summed E-state index contributed by atoms with van der Waals surface area (Å²) < 4.78 is 5.31. The van der Waals surface area contributed by atoms with Gasteiger partial charge < -0.3 is 19.9 Å². The van der Waals surface area contributed by atoms with Crippen LogP contribution in [0.15, 0.2) is 41.5 Å². The van der Waals surface area contributed by atoms with Crippen LogP contribution in [-0.2, 0) is 11.3 Å². The summed E-state index contributed by atoms with van der Waals surface area (Å²) in [7, 11) is 1.63. The molecule has 2 N–H and O–H groups in total. The van der Waals surface area contributed by atoms with Gasteiger partial charge in [0.1, 0.15) is 5.75 Å². The number of aromatic nitrogens is 2. The Balaban J connectivity index is 1.46. The molecule has 2 heterocycles. The van der Waals surface area contributed by atoms with Crippen LogP contribution in [0.25, 0.3) is 0 Å². The summed E-state index contributed by atoms with van der Waals surface area (Å²) in [5.41, 5.74) is 1.68. The Morgan fingerprint density at radius 1 is 1.41 bits per heavy atom. The Labute approximate surface area is 158 Å². The predicted octanol–water partition coefficient (Wildman–Crippen LogP) is 1.66. The molecule has 3 rings (SSSR count). The highest BCUT2D eigenvalue weighted by atomic mass is 16.5. The van der Waals surface area contributed by atoms with Gasteiger partial charge in [-0.25, -0.2) is 4.98 Å². The summed E-state index contributed by atoms with van der Waals surface area (Å²) in [6, 6.07) is 9.25. The average Bonchev–Trinajstić information content (AvgIpc) is 2.71. The number of carbonyl (C=O) groups excluding carboxylic acids is 1. The number of H-pyrrole nitrogens is 1. The van der Waals surface area contributed by atoms with Gasteiger partial charge in [-0.15, -0.1) is 0 Å². The van der Waals surface area contributed by atoms with Crippen LogP contribution in [0.3, 0.4) is 0 Å². The van der Waals surface area contributed by atoms with Crippen molar-refractivity contribution in [1.82, 2.24) is 20.2 Å². The van der Waals surface area contributed by atoms with Crippen molar-refractivity contribution >= 4 is 5.91 Å². The van der Waals surface area contributed by atoms with Gasteiger partial charge in [-0.2, -0.15) is 0 Å². The van der Waals surface area contributed by atoms with E-state index in [1.54, 1.807) is 13.2 Å². The van der Waals surface area contributed by atoms with Crippen LogP contribution in [0.4, 0.5) is 0 Å². The highest BCUT2D eigenvalue weighted by Crippen LogP contribution is 2.24. The van der Waals surface area contributed by atoms with E-state index in [4.69, 9.17) is 4.74 Å². The number of hydrogen-bond acceptors (Lipinski definition) is 5. The van der Waals surface area contributed by atoms with Gasteiger partial charge >= 0.3 is 0 Å². The minimum absolute atomic E-state index is 0.0253. The number of hydrogen-bond donors (Lipinski definition) is 2. The zero-order chi connectivity index (χ0) is 19.1. The van der Waals surface area contributed by atoms with Crippen molar-refractivity contribution in [1.29, 1.82) is 0 Å². The summed E-state index contributed by atoms with van der Waals surface area (Å²) in [5, 5.41) is 2.96. The van der Waals surface area contributed by atoms with E-state index in [9.17, 15) is 9.59 Å². The maximum Gasteiger partial charge on any atom is 0.250 e.